The maximum atomic E-state index is 3.75. The molecule has 2 unspecified atom stereocenters. The van der Waals surface area contributed by atoms with Gasteiger partial charge < -0.3 is 5.32 Å². The largest absolute Gasteiger partial charge is 0.382 e. The van der Waals surface area contributed by atoms with E-state index >= 15 is 0 Å². The Morgan fingerprint density at radius 2 is 1.60 bits per heavy atom. The number of hydrogen-bond acceptors (Lipinski definition) is 1. The van der Waals surface area contributed by atoms with Gasteiger partial charge in [0.1, 0.15) is 0 Å². The fourth-order valence-corrected chi connectivity index (χ4v) is 3.34. The highest BCUT2D eigenvalue weighted by Crippen LogP contribution is 2.30. The maximum absolute atomic E-state index is 3.75. The molecule has 0 aromatic heterocycles. The van der Waals surface area contributed by atoms with Crippen LogP contribution in [-0.4, -0.2) is 6.04 Å². The van der Waals surface area contributed by atoms with Crippen molar-refractivity contribution in [1.29, 1.82) is 0 Å². The number of hydrogen-bond donors (Lipinski definition) is 1. The highest BCUT2D eigenvalue weighted by atomic mass is 14.9. The van der Waals surface area contributed by atoms with E-state index in [1.54, 1.807) is 0 Å². The highest BCUT2D eigenvalue weighted by molar-refractivity contribution is 5.46. The van der Waals surface area contributed by atoms with E-state index in [1.807, 2.05) is 0 Å². The van der Waals surface area contributed by atoms with Gasteiger partial charge in [0.05, 0.1) is 0 Å². The second kappa shape index (κ2) is 7.15. The van der Waals surface area contributed by atoms with Crippen LogP contribution in [0.2, 0.25) is 0 Å². The minimum absolute atomic E-state index is 0.619. The Morgan fingerprint density at radius 3 is 2.20 bits per heavy atom. The van der Waals surface area contributed by atoms with Crippen LogP contribution in [0.4, 0.5) is 5.69 Å². The van der Waals surface area contributed by atoms with Crippen molar-refractivity contribution in [3.05, 3.63) is 29.8 Å². The van der Waals surface area contributed by atoms with Gasteiger partial charge in [-0.15, -0.1) is 0 Å². The quantitative estimate of drug-likeness (QED) is 0.681. The van der Waals surface area contributed by atoms with E-state index in [2.05, 4.69) is 57.3 Å². The SMILES string of the molecule is CC(C)c1ccc(NC2CCCC(C(C)C)CC2)cc1. The molecule has 0 bridgehead atoms. The molecule has 1 aliphatic rings. The molecule has 2 rings (SSSR count). The van der Waals surface area contributed by atoms with Gasteiger partial charge in [0.2, 0.25) is 0 Å². The third-order valence-electron chi connectivity index (χ3n) is 4.90. The summed E-state index contributed by atoms with van der Waals surface area (Å²) in [7, 11) is 0. The molecule has 1 N–H and O–H groups in total. The van der Waals surface area contributed by atoms with Gasteiger partial charge in [0.15, 0.2) is 0 Å². The first kappa shape index (κ1) is 15.4. The van der Waals surface area contributed by atoms with Crippen LogP contribution < -0.4 is 5.32 Å². The highest BCUT2D eigenvalue weighted by Gasteiger charge is 2.20. The normalized spacial score (nSPS) is 23.9. The zero-order valence-electron chi connectivity index (χ0n) is 13.7. The molecule has 1 saturated carbocycles. The number of rotatable bonds is 4. The Bertz CT molecular complexity index is 391. The predicted octanol–water partition coefficient (Wildman–Crippen LogP) is 5.83. The van der Waals surface area contributed by atoms with E-state index in [4.69, 9.17) is 0 Å². The van der Waals surface area contributed by atoms with E-state index in [0.29, 0.717) is 12.0 Å². The molecular formula is C19H31N. The zero-order valence-corrected chi connectivity index (χ0v) is 13.7. The fourth-order valence-electron chi connectivity index (χ4n) is 3.34. The van der Waals surface area contributed by atoms with Gasteiger partial charge in [-0.1, -0.05) is 52.7 Å². The molecule has 1 aromatic rings. The molecule has 1 heteroatoms. The summed E-state index contributed by atoms with van der Waals surface area (Å²) in [6.45, 7) is 9.26. The van der Waals surface area contributed by atoms with Crippen molar-refractivity contribution >= 4 is 5.69 Å². The van der Waals surface area contributed by atoms with Crippen LogP contribution in [0.5, 0.6) is 0 Å². The summed E-state index contributed by atoms with van der Waals surface area (Å²) in [5, 5.41) is 3.75. The third-order valence-corrected chi connectivity index (χ3v) is 4.90. The lowest BCUT2D eigenvalue weighted by atomic mass is 9.89. The standard InChI is InChI=1S/C19H31N/c1-14(2)16-6-5-7-18(11-8-16)20-19-12-9-17(10-13-19)15(3)4/h9-10,12-16,18,20H,5-8,11H2,1-4H3. The summed E-state index contributed by atoms with van der Waals surface area (Å²) in [5.74, 6) is 2.40. The van der Waals surface area contributed by atoms with Crippen LogP contribution in [0.3, 0.4) is 0 Å². The fraction of sp³-hybridized carbons (Fsp3) is 0.684. The summed E-state index contributed by atoms with van der Waals surface area (Å²) < 4.78 is 0. The molecule has 0 saturated heterocycles. The minimum atomic E-state index is 0.619. The summed E-state index contributed by atoms with van der Waals surface area (Å²) in [6.07, 6.45) is 6.84. The van der Waals surface area contributed by atoms with Crippen molar-refractivity contribution in [1.82, 2.24) is 0 Å². The molecule has 0 radical (unpaired) electrons. The first-order valence-corrected chi connectivity index (χ1v) is 8.42. The number of anilines is 1. The molecule has 112 valence electrons. The Labute approximate surface area is 125 Å². The van der Waals surface area contributed by atoms with Crippen LogP contribution in [0.15, 0.2) is 24.3 Å². The number of benzene rings is 1. The second-order valence-electron chi connectivity index (χ2n) is 7.13. The zero-order chi connectivity index (χ0) is 14.5. The van der Waals surface area contributed by atoms with Crippen molar-refractivity contribution < 1.29 is 0 Å². The van der Waals surface area contributed by atoms with E-state index in [1.165, 1.54) is 43.4 Å². The molecule has 1 fully saturated rings. The van der Waals surface area contributed by atoms with Gasteiger partial charge in [0.25, 0.3) is 0 Å². The molecule has 2 atom stereocenters. The molecule has 1 nitrogen and oxygen atoms in total. The molecule has 0 amide bonds. The van der Waals surface area contributed by atoms with E-state index in [-0.39, 0.29) is 0 Å². The van der Waals surface area contributed by atoms with Crippen molar-refractivity contribution in [2.45, 2.75) is 71.8 Å². The first-order chi connectivity index (χ1) is 9.56. The average Bonchev–Trinajstić information content (AvgIpc) is 2.65. The minimum Gasteiger partial charge on any atom is -0.382 e. The van der Waals surface area contributed by atoms with Crippen LogP contribution in [0.1, 0.15) is 71.3 Å². The Morgan fingerprint density at radius 1 is 0.900 bits per heavy atom. The monoisotopic (exact) mass is 273 g/mol. The lowest BCUT2D eigenvalue weighted by Crippen LogP contribution is -2.18. The van der Waals surface area contributed by atoms with Gasteiger partial charge in [-0.05, 0) is 54.7 Å². The van der Waals surface area contributed by atoms with E-state index in [9.17, 15) is 0 Å². The molecule has 1 aromatic carbocycles. The van der Waals surface area contributed by atoms with E-state index in [0.717, 1.165) is 11.8 Å². The predicted molar refractivity (Wildman–Crippen MR) is 89.4 cm³/mol. The molecule has 20 heavy (non-hydrogen) atoms. The lowest BCUT2D eigenvalue weighted by molar-refractivity contribution is 0.341. The van der Waals surface area contributed by atoms with Crippen LogP contribution in [0.25, 0.3) is 0 Å². The van der Waals surface area contributed by atoms with Gasteiger partial charge in [-0.25, -0.2) is 0 Å². The van der Waals surface area contributed by atoms with Crippen molar-refractivity contribution in [2.75, 3.05) is 5.32 Å². The van der Waals surface area contributed by atoms with Gasteiger partial charge >= 0.3 is 0 Å². The summed E-state index contributed by atoms with van der Waals surface area (Å²) in [5.41, 5.74) is 2.72. The summed E-state index contributed by atoms with van der Waals surface area (Å²) in [4.78, 5) is 0. The smallest absolute Gasteiger partial charge is 0.0342 e. The molecule has 0 spiro atoms. The Hall–Kier alpha value is -0.980. The molecule has 1 aliphatic carbocycles. The van der Waals surface area contributed by atoms with Crippen LogP contribution in [0, 0.1) is 11.8 Å². The molecular weight excluding hydrogens is 242 g/mol. The Kier molecular flexibility index (Phi) is 5.51. The van der Waals surface area contributed by atoms with Crippen molar-refractivity contribution in [2.24, 2.45) is 11.8 Å². The molecule has 0 heterocycles. The van der Waals surface area contributed by atoms with Crippen LogP contribution in [-0.2, 0) is 0 Å². The van der Waals surface area contributed by atoms with Gasteiger partial charge in [0, 0.05) is 11.7 Å². The molecule has 0 aliphatic heterocycles. The lowest BCUT2D eigenvalue weighted by Gasteiger charge is -2.20. The van der Waals surface area contributed by atoms with Gasteiger partial charge in [-0.3, -0.25) is 0 Å². The summed E-state index contributed by atoms with van der Waals surface area (Å²) in [6, 6.07) is 9.70. The van der Waals surface area contributed by atoms with Gasteiger partial charge in [-0.2, -0.15) is 0 Å². The van der Waals surface area contributed by atoms with E-state index < -0.39 is 0 Å². The average molecular weight is 273 g/mol. The van der Waals surface area contributed by atoms with Crippen molar-refractivity contribution in [3.8, 4) is 0 Å². The third kappa shape index (κ3) is 4.26. The number of nitrogens with one attached hydrogen (secondary N) is 1. The maximum Gasteiger partial charge on any atom is 0.0342 e. The summed E-state index contributed by atoms with van der Waals surface area (Å²) >= 11 is 0. The first-order valence-electron chi connectivity index (χ1n) is 8.42. The second-order valence-corrected chi connectivity index (χ2v) is 7.13. The Balaban J connectivity index is 1.89. The topological polar surface area (TPSA) is 12.0 Å². The van der Waals surface area contributed by atoms with Crippen molar-refractivity contribution in [3.63, 3.8) is 0 Å². The van der Waals surface area contributed by atoms with Crippen LogP contribution >= 0.6 is 0 Å².